The molecule has 0 spiro atoms. The van der Waals surface area contributed by atoms with Crippen molar-refractivity contribution in [3.8, 4) is 11.5 Å². The molecule has 0 fully saturated rings. The number of rotatable bonds is 7. The Balaban J connectivity index is 2.35. The molecule has 2 rings (SSSR count). The minimum absolute atomic E-state index is 0.399. The van der Waals surface area contributed by atoms with Crippen molar-refractivity contribution in [1.82, 2.24) is 4.98 Å². The highest BCUT2D eigenvalue weighted by molar-refractivity contribution is 5.94. The Morgan fingerprint density at radius 2 is 1.90 bits per heavy atom. The van der Waals surface area contributed by atoms with Crippen LogP contribution in [0.15, 0.2) is 24.4 Å². The number of fused-ring (bicyclic) bond motifs is 1. The molecule has 2 aromatic rings. The van der Waals surface area contributed by atoms with Gasteiger partial charge in [0.2, 0.25) is 0 Å². The highest BCUT2D eigenvalue weighted by Crippen LogP contribution is 2.34. The smallest absolute Gasteiger partial charge is 0.161 e. The van der Waals surface area contributed by atoms with Gasteiger partial charge in [-0.2, -0.15) is 0 Å². The maximum Gasteiger partial charge on any atom is 0.161 e. The zero-order valence-electron chi connectivity index (χ0n) is 13.3. The topological polar surface area (TPSA) is 43.4 Å². The highest BCUT2D eigenvalue weighted by Gasteiger charge is 2.11. The fourth-order valence-corrected chi connectivity index (χ4v) is 2.43. The van der Waals surface area contributed by atoms with Gasteiger partial charge in [0.05, 0.1) is 14.2 Å². The van der Waals surface area contributed by atoms with Gasteiger partial charge in [-0.3, -0.25) is 0 Å². The predicted octanol–water partition coefficient (Wildman–Crippen LogP) is 4.24. The molecule has 1 heterocycles. The zero-order chi connectivity index (χ0) is 15.2. The number of pyridine rings is 1. The third kappa shape index (κ3) is 3.57. The van der Waals surface area contributed by atoms with Crippen LogP contribution in [0.25, 0.3) is 10.8 Å². The fraction of sp³-hybridized carbons (Fsp3) is 0.471. The molecule has 0 radical (unpaired) electrons. The van der Waals surface area contributed by atoms with Gasteiger partial charge in [-0.15, -0.1) is 0 Å². The quantitative estimate of drug-likeness (QED) is 0.827. The molecule has 1 aromatic heterocycles. The SMILES string of the molecule is CCCCC(C)Nc1nccc2cc(OC)c(OC)cc12. The van der Waals surface area contributed by atoms with Gasteiger partial charge in [0, 0.05) is 17.6 Å². The Labute approximate surface area is 126 Å². The molecule has 1 aromatic carbocycles. The van der Waals surface area contributed by atoms with Crippen LogP contribution in [0.2, 0.25) is 0 Å². The minimum atomic E-state index is 0.399. The van der Waals surface area contributed by atoms with Crippen LogP contribution in [0.5, 0.6) is 11.5 Å². The van der Waals surface area contributed by atoms with E-state index in [1.165, 1.54) is 12.8 Å². The van der Waals surface area contributed by atoms with Crippen LogP contribution in [-0.4, -0.2) is 25.2 Å². The number of hydrogen-bond donors (Lipinski definition) is 1. The Morgan fingerprint density at radius 3 is 2.57 bits per heavy atom. The van der Waals surface area contributed by atoms with Crippen LogP contribution < -0.4 is 14.8 Å². The molecule has 4 nitrogen and oxygen atoms in total. The largest absolute Gasteiger partial charge is 0.493 e. The molecule has 1 atom stereocenters. The van der Waals surface area contributed by atoms with Crippen molar-refractivity contribution < 1.29 is 9.47 Å². The number of methoxy groups -OCH3 is 2. The van der Waals surface area contributed by atoms with Gasteiger partial charge < -0.3 is 14.8 Å². The lowest BCUT2D eigenvalue weighted by Crippen LogP contribution is -2.16. The molecule has 4 heteroatoms. The molecule has 1 N–H and O–H groups in total. The number of benzene rings is 1. The van der Waals surface area contributed by atoms with Gasteiger partial charge in [0.1, 0.15) is 5.82 Å². The second-order valence-electron chi connectivity index (χ2n) is 5.28. The second kappa shape index (κ2) is 7.16. The molecule has 0 saturated heterocycles. The maximum atomic E-state index is 5.39. The lowest BCUT2D eigenvalue weighted by Gasteiger charge is -2.16. The van der Waals surface area contributed by atoms with Crippen molar-refractivity contribution in [2.75, 3.05) is 19.5 Å². The first-order valence-electron chi connectivity index (χ1n) is 7.46. The van der Waals surface area contributed by atoms with Gasteiger partial charge in [-0.1, -0.05) is 19.8 Å². The highest BCUT2D eigenvalue weighted by atomic mass is 16.5. The summed E-state index contributed by atoms with van der Waals surface area (Å²) in [6, 6.07) is 6.35. The molecular weight excluding hydrogens is 264 g/mol. The number of nitrogens with one attached hydrogen (secondary N) is 1. The minimum Gasteiger partial charge on any atom is -0.493 e. The maximum absolute atomic E-state index is 5.39. The summed E-state index contributed by atoms with van der Waals surface area (Å²) in [6.45, 7) is 4.40. The Bertz CT molecular complexity index is 599. The number of aromatic nitrogens is 1. The van der Waals surface area contributed by atoms with Crippen LogP contribution in [0.3, 0.4) is 0 Å². The molecule has 0 bridgehead atoms. The first kappa shape index (κ1) is 15.4. The zero-order valence-corrected chi connectivity index (χ0v) is 13.3. The third-order valence-electron chi connectivity index (χ3n) is 3.64. The average Bonchev–Trinajstić information content (AvgIpc) is 2.51. The summed E-state index contributed by atoms with van der Waals surface area (Å²) in [5, 5.41) is 5.65. The van der Waals surface area contributed by atoms with E-state index in [4.69, 9.17) is 9.47 Å². The van der Waals surface area contributed by atoms with Gasteiger partial charge >= 0.3 is 0 Å². The number of unbranched alkanes of at least 4 members (excludes halogenated alkanes) is 1. The molecule has 114 valence electrons. The first-order valence-corrected chi connectivity index (χ1v) is 7.46. The van der Waals surface area contributed by atoms with E-state index in [0.29, 0.717) is 6.04 Å². The van der Waals surface area contributed by atoms with Gasteiger partial charge in [-0.05, 0) is 36.9 Å². The number of hydrogen-bond acceptors (Lipinski definition) is 4. The van der Waals surface area contributed by atoms with Crippen LogP contribution in [0.1, 0.15) is 33.1 Å². The van der Waals surface area contributed by atoms with Crippen molar-refractivity contribution in [1.29, 1.82) is 0 Å². The summed E-state index contributed by atoms with van der Waals surface area (Å²) < 4.78 is 10.7. The van der Waals surface area contributed by atoms with E-state index in [9.17, 15) is 0 Å². The summed E-state index contributed by atoms with van der Waals surface area (Å²) in [6.07, 6.45) is 5.39. The van der Waals surface area contributed by atoms with Crippen molar-refractivity contribution in [3.63, 3.8) is 0 Å². The predicted molar refractivity (Wildman–Crippen MR) is 87.5 cm³/mol. The van der Waals surface area contributed by atoms with Crippen molar-refractivity contribution in [2.45, 2.75) is 39.2 Å². The van der Waals surface area contributed by atoms with E-state index in [0.717, 1.165) is 34.5 Å². The molecular formula is C17H24N2O2. The van der Waals surface area contributed by atoms with Crippen LogP contribution >= 0.6 is 0 Å². The van der Waals surface area contributed by atoms with Crippen molar-refractivity contribution >= 4 is 16.6 Å². The molecule has 21 heavy (non-hydrogen) atoms. The standard InChI is InChI=1S/C17H24N2O2/c1-5-6-7-12(2)19-17-14-11-16(21-4)15(20-3)10-13(14)8-9-18-17/h8-12H,5-7H2,1-4H3,(H,18,19). The van der Waals surface area contributed by atoms with Gasteiger partial charge in [0.25, 0.3) is 0 Å². The molecule has 0 saturated carbocycles. The number of anilines is 1. The molecule has 0 aliphatic carbocycles. The van der Waals surface area contributed by atoms with E-state index in [1.807, 2.05) is 24.4 Å². The number of ether oxygens (including phenoxy) is 2. The average molecular weight is 288 g/mol. The van der Waals surface area contributed by atoms with E-state index in [2.05, 4.69) is 24.1 Å². The van der Waals surface area contributed by atoms with Crippen molar-refractivity contribution in [2.24, 2.45) is 0 Å². The van der Waals surface area contributed by atoms with Crippen LogP contribution in [0.4, 0.5) is 5.82 Å². The Hall–Kier alpha value is -1.97. The second-order valence-corrected chi connectivity index (χ2v) is 5.28. The van der Waals surface area contributed by atoms with E-state index < -0.39 is 0 Å². The van der Waals surface area contributed by atoms with Gasteiger partial charge in [0.15, 0.2) is 11.5 Å². The van der Waals surface area contributed by atoms with Gasteiger partial charge in [-0.25, -0.2) is 4.98 Å². The van der Waals surface area contributed by atoms with Crippen molar-refractivity contribution in [3.05, 3.63) is 24.4 Å². The molecule has 0 amide bonds. The number of nitrogens with zero attached hydrogens (tertiary/aromatic N) is 1. The lowest BCUT2D eigenvalue weighted by molar-refractivity contribution is 0.356. The van der Waals surface area contributed by atoms with Crippen LogP contribution in [-0.2, 0) is 0 Å². The fourth-order valence-electron chi connectivity index (χ4n) is 2.43. The third-order valence-corrected chi connectivity index (χ3v) is 3.64. The molecule has 0 aliphatic heterocycles. The summed E-state index contributed by atoms with van der Waals surface area (Å²) in [7, 11) is 3.30. The Morgan fingerprint density at radius 1 is 1.19 bits per heavy atom. The normalized spacial score (nSPS) is 12.2. The van der Waals surface area contributed by atoms with E-state index in [1.54, 1.807) is 14.2 Å². The van der Waals surface area contributed by atoms with E-state index >= 15 is 0 Å². The molecule has 0 aliphatic rings. The summed E-state index contributed by atoms with van der Waals surface area (Å²) in [4.78, 5) is 4.48. The molecule has 1 unspecified atom stereocenters. The summed E-state index contributed by atoms with van der Waals surface area (Å²) in [5.41, 5.74) is 0. The monoisotopic (exact) mass is 288 g/mol. The summed E-state index contributed by atoms with van der Waals surface area (Å²) >= 11 is 0. The lowest BCUT2D eigenvalue weighted by atomic mass is 10.1. The summed E-state index contributed by atoms with van der Waals surface area (Å²) in [5.74, 6) is 2.36. The van der Waals surface area contributed by atoms with E-state index in [-0.39, 0.29) is 0 Å². The Kier molecular flexibility index (Phi) is 5.26. The first-order chi connectivity index (χ1) is 10.2. The van der Waals surface area contributed by atoms with Crippen LogP contribution in [0, 0.1) is 0 Å².